The lowest BCUT2D eigenvalue weighted by molar-refractivity contribution is -0.159. The first-order valence-corrected chi connectivity index (χ1v) is 10.1. The highest BCUT2D eigenvalue weighted by atomic mass is 16.5. The predicted molar refractivity (Wildman–Crippen MR) is 99.4 cm³/mol. The molecular weight excluding hydrogens is 312 g/mol. The normalized spacial score (nSPS) is 24.6. The molecule has 4 unspecified atom stereocenters. The summed E-state index contributed by atoms with van der Waals surface area (Å²) in [5, 5.41) is 10.6. The third-order valence-corrected chi connectivity index (χ3v) is 5.95. The van der Waals surface area contributed by atoms with E-state index in [1.807, 2.05) is 12.1 Å². The molecule has 0 aromatic heterocycles. The molecule has 138 valence electrons. The molecule has 0 aliphatic heterocycles. The molecule has 2 aliphatic rings. The number of ether oxygens (including phenoxy) is 1. The van der Waals surface area contributed by atoms with Gasteiger partial charge >= 0.3 is 5.97 Å². The predicted octanol–water partition coefficient (Wildman–Crippen LogP) is 4.62. The van der Waals surface area contributed by atoms with E-state index in [9.17, 15) is 9.90 Å². The Morgan fingerprint density at radius 3 is 2.72 bits per heavy atom. The van der Waals surface area contributed by atoms with Crippen LogP contribution < -0.4 is 0 Å². The van der Waals surface area contributed by atoms with E-state index in [0.29, 0.717) is 12.3 Å². The van der Waals surface area contributed by atoms with Crippen LogP contribution in [-0.4, -0.2) is 23.3 Å². The van der Waals surface area contributed by atoms with E-state index < -0.39 is 6.10 Å². The van der Waals surface area contributed by atoms with Gasteiger partial charge in [0, 0.05) is 12.3 Å². The Morgan fingerprint density at radius 2 is 2.04 bits per heavy atom. The van der Waals surface area contributed by atoms with Gasteiger partial charge in [-0.25, -0.2) is 0 Å². The molecule has 1 aromatic carbocycles. The Bertz CT molecular complexity index is 578. The molecular formula is C22H32O3. The number of rotatable bonds is 9. The maximum absolute atomic E-state index is 12.9. The van der Waals surface area contributed by atoms with Crippen LogP contribution in [0.1, 0.15) is 75.8 Å². The Kier molecular flexibility index (Phi) is 6.16. The lowest BCUT2D eigenvalue weighted by Crippen LogP contribution is -2.34. The minimum absolute atomic E-state index is 0.0885. The van der Waals surface area contributed by atoms with Crippen molar-refractivity contribution in [1.29, 1.82) is 0 Å². The lowest BCUT2D eigenvalue weighted by atomic mass is 9.92. The van der Waals surface area contributed by atoms with E-state index in [0.717, 1.165) is 32.1 Å². The molecule has 1 aromatic rings. The summed E-state index contributed by atoms with van der Waals surface area (Å²) >= 11 is 0. The van der Waals surface area contributed by atoms with E-state index in [1.54, 1.807) is 0 Å². The van der Waals surface area contributed by atoms with Crippen molar-refractivity contribution in [1.82, 2.24) is 0 Å². The van der Waals surface area contributed by atoms with Crippen LogP contribution in [-0.2, 0) is 16.0 Å². The first-order valence-electron chi connectivity index (χ1n) is 10.1. The second kappa shape index (κ2) is 8.35. The molecule has 3 rings (SSSR count). The maximum atomic E-state index is 12.9. The smallest absolute Gasteiger partial charge is 0.311 e. The number of benzene rings is 1. The van der Waals surface area contributed by atoms with Crippen LogP contribution in [0.4, 0.5) is 0 Å². The minimum Gasteiger partial charge on any atom is -0.461 e. The SMILES string of the molecule is CCCCCC(O)C(CC1CC1)C(=O)OC1Cc2ccccc2C1C. The van der Waals surface area contributed by atoms with Gasteiger partial charge in [0.15, 0.2) is 0 Å². The third kappa shape index (κ3) is 4.63. The Labute approximate surface area is 151 Å². The molecule has 0 bridgehead atoms. The van der Waals surface area contributed by atoms with Crippen molar-refractivity contribution < 1.29 is 14.6 Å². The summed E-state index contributed by atoms with van der Waals surface area (Å²) in [7, 11) is 0. The number of aliphatic hydroxyl groups is 1. The molecule has 3 heteroatoms. The molecule has 0 radical (unpaired) electrons. The number of aliphatic hydroxyl groups excluding tert-OH is 1. The molecule has 0 heterocycles. The molecule has 2 aliphatic carbocycles. The van der Waals surface area contributed by atoms with Crippen LogP contribution in [0.5, 0.6) is 0 Å². The number of carbonyl (C=O) groups is 1. The van der Waals surface area contributed by atoms with Crippen molar-refractivity contribution in [2.24, 2.45) is 11.8 Å². The van der Waals surface area contributed by atoms with Gasteiger partial charge in [0.25, 0.3) is 0 Å². The Balaban J connectivity index is 1.60. The monoisotopic (exact) mass is 344 g/mol. The first kappa shape index (κ1) is 18.4. The van der Waals surface area contributed by atoms with Crippen molar-refractivity contribution in [2.45, 2.75) is 83.3 Å². The van der Waals surface area contributed by atoms with Crippen LogP contribution in [0.25, 0.3) is 0 Å². The molecule has 0 amide bonds. The summed E-state index contributed by atoms with van der Waals surface area (Å²) in [6.45, 7) is 4.29. The number of fused-ring (bicyclic) bond motifs is 1. The fraction of sp³-hybridized carbons (Fsp3) is 0.682. The van der Waals surface area contributed by atoms with Crippen molar-refractivity contribution in [3.05, 3.63) is 35.4 Å². The standard InChI is InChI=1S/C22H32O3/c1-3-4-5-10-20(23)19(13-16-11-12-16)22(24)25-21-14-17-8-6-7-9-18(17)15(21)2/h6-9,15-16,19-21,23H,3-5,10-14H2,1-2H3. The summed E-state index contributed by atoms with van der Waals surface area (Å²) in [6, 6.07) is 8.35. The van der Waals surface area contributed by atoms with Crippen molar-refractivity contribution in [3.8, 4) is 0 Å². The highest BCUT2D eigenvalue weighted by Crippen LogP contribution is 2.39. The molecule has 1 N–H and O–H groups in total. The van der Waals surface area contributed by atoms with Crippen molar-refractivity contribution in [2.75, 3.05) is 0 Å². The third-order valence-electron chi connectivity index (χ3n) is 5.95. The zero-order valence-electron chi connectivity index (χ0n) is 15.6. The molecule has 0 saturated heterocycles. The van der Waals surface area contributed by atoms with Crippen LogP contribution in [0.15, 0.2) is 24.3 Å². The number of hydrogen-bond acceptors (Lipinski definition) is 3. The quantitative estimate of drug-likeness (QED) is 0.525. The average Bonchev–Trinajstić information content (AvgIpc) is 3.38. The highest BCUT2D eigenvalue weighted by Gasteiger charge is 2.38. The van der Waals surface area contributed by atoms with Crippen LogP contribution in [0.2, 0.25) is 0 Å². The van der Waals surface area contributed by atoms with Crippen LogP contribution in [0.3, 0.4) is 0 Å². The molecule has 25 heavy (non-hydrogen) atoms. The number of hydrogen-bond donors (Lipinski definition) is 1. The van der Waals surface area contributed by atoms with Gasteiger partial charge in [-0.05, 0) is 29.9 Å². The summed E-state index contributed by atoms with van der Waals surface area (Å²) in [6.07, 6.45) is 7.25. The van der Waals surface area contributed by atoms with Gasteiger partial charge in [-0.15, -0.1) is 0 Å². The van der Waals surface area contributed by atoms with E-state index in [2.05, 4.69) is 26.0 Å². The fourth-order valence-corrected chi connectivity index (χ4v) is 4.07. The van der Waals surface area contributed by atoms with Gasteiger partial charge in [-0.3, -0.25) is 4.79 Å². The first-order chi connectivity index (χ1) is 12.1. The molecule has 0 spiro atoms. The van der Waals surface area contributed by atoms with Crippen LogP contribution >= 0.6 is 0 Å². The summed E-state index contributed by atoms with van der Waals surface area (Å²) in [5.74, 6) is 0.316. The van der Waals surface area contributed by atoms with Crippen molar-refractivity contribution in [3.63, 3.8) is 0 Å². The van der Waals surface area contributed by atoms with Gasteiger partial charge in [-0.2, -0.15) is 0 Å². The van der Waals surface area contributed by atoms with E-state index >= 15 is 0 Å². The van der Waals surface area contributed by atoms with Gasteiger partial charge in [0.1, 0.15) is 6.10 Å². The second-order valence-electron chi connectivity index (χ2n) is 8.02. The number of unbranched alkanes of at least 4 members (excludes halogenated alkanes) is 2. The summed E-state index contributed by atoms with van der Waals surface area (Å²) in [5.41, 5.74) is 2.58. The van der Waals surface area contributed by atoms with E-state index in [1.165, 1.54) is 24.0 Å². The van der Waals surface area contributed by atoms with Gasteiger partial charge in [-0.1, -0.05) is 70.2 Å². The summed E-state index contributed by atoms with van der Waals surface area (Å²) < 4.78 is 5.93. The maximum Gasteiger partial charge on any atom is 0.311 e. The van der Waals surface area contributed by atoms with Crippen LogP contribution in [0, 0.1) is 11.8 Å². The molecule has 3 nitrogen and oxygen atoms in total. The number of carbonyl (C=O) groups excluding carboxylic acids is 1. The van der Waals surface area contributed by atoms with E-state index in [-0.39, 0.29) is 23.9 Å². The zero-order chi connectivity index (χ0) is 17.8. The number of esters is 1. The highest BCUT2D eigenvalue weighted by molar-refractivity contribution is 5.73. The second-order valence-corrected chi connectivity index (χ2v) is 8.02. The van der Waals surface area contributed by atoms with Gasteiger partial charge in [0.2, 0.25) is 0 Å². The van der Waals surface area contributed by atoms with Crippen molar-refractivity contribution >= 4 is 5.97 Å². The zero-order valence-corrected chi connectivity index (χ0v) is 15.6. The van der Waals surface area contributed by atoms with E-state index in [4.69, 9.17) is 4.74 Å². The lowest BCUT2D eigenvalue weighted by Gasteiger charge is -2.25. The van der Waals surface area contributed by atoms with Gasteiger partial charge in [0.05, 0.1) is 12.0 Å². The summed E-state index contributed by atoms with van der Waals surface area (Å²) in [4.78, 5) is 12.9. The minimum atomic E-state index is -0.557. The molecule has 1 fully saturated rings. The average molecular weight is 344 g/mol. The van der Waals surface area contributed by atoms with Gasteiger partial charge < -0.3 is 9.84 Å². The Morgan fingerprint density at radius 1 is 1.28 bits per heavy atom. The topological polar surface area (TPSA) is 46.5 Å². The fourth-order valence-electron chi connectivity index (χ4n) is 4.07. The molecule has 1 saturated carbocycles. The molecule has 4 atom stereocenters. The Hall–Kier alpha value is -1.35. The largest absolute Gasteiger partial charge is 0.461 e.